The summed E-state index contributed by atoms with van der Waals surface area (Å²) in [5.41, 5.74) is 0.347. The fourth-order valence-electron chi connectivity index (χ4n) is 0.306. The number of hydrogen-bond donors (Lipinski definition) is 0. The first-order valence-corrected chi connectivity index (χ1v) is 1.88. The van der Waals surface area contributed by atoms with Crippen molar-refractivity contribution in [1.82, 2.24) is 5.16 Å². The van der Waals surface area contributed by atoms with Gasteiger partial charge in [0, 0.05) is 6.07 Å². The molecule has 0 saturated heterocycles. The largest absolute Gasteiger partial charge is 0.364 e. The first-order chi connectivity index (χ1) is 3.43. The maximum atomic E-state index is 11.4. The molecule has 0 saturated carbocycles. The van der Waals surface area contributed by atoms with Gasteiger partial charge in [-0.25, -0.2) is 4.39 Å². The Labute approximate surface area is 39.9 Å². The molecular weight excluding hydrogens is 97.0 g/mol. The van der Waals surface area contributed by atoms with Gasteiger partial charge in [-0.05, 0) is 0 Å². The van der Waals surface area contributed by atoms with Crippen LogP contribution in [0.5, 0.6) is 0 Å². The van der Waals surface area contributed by atoms with Crippen LogP contribution in [0.15, 0.2) is 16.9 Å². The van der Waals surface area contributed by atoms with E-state index in [0.29, 0.717) is 5.69 Å². The predicted molar refractivity (Wildman–Crippen MR) is 21.3 cm³/mol. The maximum Gasteiger partial charge on any atom is 0.135 e. The summed E-state index contributed by atoms with van der Waals surface area (Å²) in [4.78, 5) is 0. The minimum Gasteiger partial charge on any atom is -0.364 e. The van der Waals surface area contributed by atoms with Crippen molar-refractivity contribution in [3.63, 3.8) is 0 Å². The summed E-state index contributed by atoms with van der Waals surface area (Å²) in [6.45, 7) is -0.545. The van der Waals surface area contributed by atoms with Crippen molar-refractivity contribution in [2.45, 2.75) is 6.67 Å². The van der Waals surface area contributed by atoms with Gasteiger partial charge >= 0.3 is 0 Å². The van der Waals surface area contributed by atoms with Gasteiger partial charge in [0.2, 0.25) is 0 Å². The number of alkyl halides is 1. The lowest BCUT2D eigenvalue weighted by Crippen LogP contribution is -1.71. The number of rotatable bonds is 1. The Kier molecular flexibility index (Phi) is 1.06. The van der Waals surface area contributed by atoms with Gasteiger partial charge in [0.1, 0.15) is 18.6 Å². The van der Waals surface area contributed by atoms with E-state index in [1.807, 2.05) is 0 Å². The van der Waals surface area contributed by atoms with Crippen molar-refractivity contribution in [3.8, 4) is 0 Å². The highest BCUT2D eigenvalue weighted by atomic mass is 19.1. The van der Waals surface area contributed by atoms with Crippen molar-refractivity contribution in [1.29, 1.82) is 0 Å². The molecule has 0 bridgehead atoms. The van der Waals surface area contributed by atoms with Crippen LogP contribution in [0.25, 0.3) is 0 Å². The summed E-state index contributed by atoms with van der Waals surface area (Å²) in [5, 5.41) is 3.28. The molecule has 1 aromatic heterocycles. The molecule has 0 aromatic carbocycles. The Bertz CT molecular complexity index is 126. The number of halogens is 1. The van der Waals surface area contributed by atoms with Gasteiger partial charge in [-0.1, -0.05) is 5.16 Å². The van der Waals surface area contributed by atoms with Crippen molar-refractivity contribution >= 4 is 0 Å². The molecular formula is C4H4FNO. The fourth-order valence-corrected chi connectivity index (χ4v) is 0.306. The molecule has 3 heteroatoms. The molecule has 0 aliphatic rings. The molecule has 1 heterocycles. The average Bonchev–Trinajstić information content (AvgIpc) is 2.14. The lowest BCUT2D eigenvalue weighted by atomic mass is 10.5. The van der Waals surface area contributed by atoms with E-state index in [1.54, 1.807) is 0 Å². The number of aromatic nitrogens is 1. The molecule has 2 nitrogen and oxygen atoms in total. The van der Waals surface area contributed by atoms with Gasteiger partial charge in [-0.15, -0.1) is 0 Å². The van der Waals surface area contributed by atoms with Crippen LogP contribution >= 0.6 is 0 Å². The van der Waals surface area contributed by atoms with Crippen molar-refractivity contribution in [2.75, 3.05) is 0 Å². The minimum atomic E-state index is -0.545. The van der Waals surface area contributed by atoms with Crippen LogP contribution in [0.2, 0.25) is 0 Å². The van der Waals surface area contributed by atoms with Gasteiger partial charge in [-0.3, -0.25) is 0 Å². The summed E-state index contributed by atoms with van der Waals surface area (Å²) < 4.78 is 15.8. The molecule has 0 radical (unpaired) electrons. The van der Waals surface area contributed by atoms with Crippen molar-refractivity contribution in [3.05, 3.63) is 18.0 Å². The molecule has 0 spiro atoms. The summed E-state index contributed by atoms with van der Waals surface area (Å²) in [5.74, 6) is 0. The van der Waals surface area contributed by atoms with Gasteiger partial charge in [0.05, 0.1) is 0 Å². The third-order valence-corrected chi connectivity index (χ3v) is 0.628. The molecule has 1 aromatic rings. The van der Waals surface area contributed by atoms with E-state index in [0.717, 1.165) is 0 Å². The van der Waals surface area contributed by atoms with E-state index in [9.17, 15) is 4.39 Å². The third kappa shape index (κ3) is 0.765. The van der Waals surface area contributed by atoms with Gasteiger partial charge < -0.3 is 4.52 Å². The first-order valence-electron chi connectivity index (χ1n) is 1.88. The molecule has 0 fully saturated rings. The number of nitrogens with zero attached hydrogens (tertiary/aromatic N) is 1. The monoisotopic (exact) mass is 101 g/mol. The third-order valence-electron chi connectivity index (χ3n) is 0.628. The van der Waals surface area contributed by atoms with Gasteiger partial charge in [0.25, 0.3) is 0 Å². The Morgan fingerprint density at radius 2 is 2.71 bits per heavy atom. The van der Waals surface area contributed by atoms with Crippen LogP contribution in [0.1, 0.15) is 5.69 Å². The highest BCUT2D eigenvalue weighted by Crippen LogP contribution is 1.93. The second-order valence-electron chi connectivity index (χ2n) is 1.12. The maximum absolute atomic E-state index is 11.4. The Hall–Kier alpha value is -0.860. The zero-order valence-corrected chi connectivity index (χ0v) is 3.60. The van der Waals surface area contributed by atoms with Crippen molar-refractivity contribution < 1.29 is 8.91 Å². The van der Waals surface area contributed by atoms with Crippen LogP contribution in [0, 0.1) is 0 Å². The SMILES string of the molecule is FCc1ccon1. The highest BCUT2D eigenvalue weighted by Gasteiger charge is 1.89. The lowest BCUT2D eigenvalue weighted by Gasteiger charge is -1.71. The van der Waals surface area contributed by atoms with E-state index in [4.69, 9.17) is 0 Å². The topological polar surface area (TPSA) is 26.0 Å². The van der Waals surface area contributed by atoms with Crippen LogP contribution in [-0.4, -0.2) is 5.16 Å². The molecule has 0 atom stereocenters. The molecule has 38 valence electrons. The summed E-state index contributed by atoms with van der Waals surface area (Å²) in [6.07, 6.45) is 1.34. The summed E-state index contributed by atoms with van der Waals surface area (Å²) >= 11 is 0. The second-order valence-corrected chi connectivity index (χ2v) is 1.12. The van der Waals surface area contributed by atoms with Crippen molar-refractivity contribution in [2.24, 2.45) is 0 Å². The van der Waals surface area contributed by atoms with Gasteiger partial charge in [-0.2, -0.15) is 0 Å². The summed E-state index contributed by atoms with van der Waals surface area (Å²) in [7, 11) is 0. The molecule has 0 aliphatic carbocycles. The van der Waals surface area contributed by atoms with E-state index in [2.05, 4.69) is 9.68 Å². The van der Waals surface area contributed by atoms with E-state index in [-0.39, 0.29) is 0 Å². The Balaban J connectivity index is 2.76. The van der Waals surface area contributed by atoms with Crippen LogP contribution in [-0.2, 0) is 6.67 Å². The molecule has 0 N–H and O–H groups in total. The lowest BCUT2D eigenvalue weighted by molar-refractivity contribution is 0.388. The Morgan fingerprint density at radius 3 is 3.00 bits per heavy atom. The van der Waals surface area contributed by atoms with Gasteiger partial charge in [0.15, 0.2) is 0 Å². The second kappa shape index (κ2) is 1.73. The standard InChI is InChI=1S/C4H4FNO/c5-3-4-1-2-7-6-4/h1-2H,3H2. The normalized spacial score (nSPS) is 9.29. The van der Waals surface area contributed by atoms with Crippen LogP contribution < -0.4 is 0 Å². The molecule has 0 amide bonds. The quantitative estimate of drug-likeness (QED) is 0.530. The Morgan fingerprint density at radius 1 is 1.86 bits per heavy atom. The highest BCUT2D eigenvalue weighted by molar-refractivity contribution is 4.91. The van der Waals surface area contributed by atoms with E-state index >= 15 is 0 Å². The van der Waals surface area contributed by atoms with Crippen LogP contribution in [0.3, 0.4) is 0 Å². The van der Waals surface area contributed by atoms with Crippen LogP contribution in [0.4, 0.5) is 4.39 Å². The average molecular weight is 101 g/mol. The smallest absolute Gasteiger partial charge is 0.135 e. The summed E-state index contributed by atoms with van der Waals surface area (Å²) in [6, 6.07) is 1.49. The fraction of sp³-hybridized carbons (Fsp3) is 0.250. The molecule has 0 unspecified atom stereocenters. The molecule has 0 aliphatic heterocycles. The van der Waals surface area contributed by atoms with E-state index < -0.39 is 6.67 Å². The first kappa shape index (κ1) is 4.30. The zero-order chi connectivity index (χ0) is 5.11. The predicted octanol–water partition coefficient (Wildman–Crippen LogP) is 1.14. The minimum absolute atomic E-state index is 0.347. The molecule has 1 rings (SSSR count). The van der Waals surface area contributed by atoms with E-state index in [1.165, 1.54) is 12.3 Å². The zero-order valence-electron chi connectivity index (χ0n) is 3.60. The molecule has 7 heavy (non-hydrogen) atoms. The number of hydrogen-bond acceptors (Lipinski definition) is 2.